The molecule has 3 aromatic heterocycles. The maximum absolute atomic E-state index is 5.97. The number of methoxy groups -OCH3 is 1. The number of aromatic amines is 1. The van der Waals surface area contributed by atoms with Gasteiger partial charge >= 0.3 is 0 Å². The summed E-state index contributed by atoms with van der Waals surface area (Å²) < 4.78 is 7.03. The number of aromatic nitrogens is 6. The van der Waals surface area contributed by atoms with Gasteiger partial charge in [-0.2, -0.15) is 9.97 Å². The van der Waals surface area contributed by atoms with Gasteiger partial charge in [-0.3, -0.25) is 4.57 Å². The van der Waals surface area contributed by atoms with Crippen molar-refractivity contribution in [2.45, 2.75) is 0 Å². The summed E-state index contributed by atoms with van der Waals surface area (Å²) in [5.74, 6) is 1.33. The van der Waals surface area contributed by atoms with Gasteiger partial charge in [-0.15, -0.1) is 0 Å². The zero-order valence-electron chi connectivity index (χ0n) is 10.9. The summed E-state index contributed by atoms with van der Waals surface area (Å²) in [6.07, 6.45) is 3.23. The molecule has 0 spiro atoms. The van der Waals surface area contributed by atoms with E-state index < -0.39 is 0 Å². The minimum Gasteiger partial charge on any atom is -0.497 e. The smallest absolute Gasteiger partial charge is 0.226 e. The minimum absolute atomic E-state index is 0.150. The average Bonchev–Trinajstić information content (AvgIpc) is 3.11. The molecule has 0 fully saturated rings. The van der Waals surface area contributed by atoms with Gasteiger partial charge in [0.2, 0.25) is 5.28 Å². The van der Waals surface area contributed by atoms with Crippen LogP contribution in [0.2, 0.25) is 5.28 Å². The van der Waals surface area contributed by atoms with Gasteiger partial charge in [0.05, 0.1) is 24.5 Å². The number of hydrogen-bond donors (Lipinski definition) is 1. The Balaban J connectivity index is 2.02. The number of hydrogen-bond acceptors (Lipinski definition) is 5. The largest absolute Gasteiger partial charge is 0.497 e. The maximum atomic E-state index is 5.97. The van der Waals surface area contributed by atoms with E-state index in [0.29, 0.717) is 17.0 Å². The van der Waals surface area contributed by atoms with Crippen LogP contribution in [0.25, 0.3) is 28.0 Å². The number of halogens is 1. The van der Waals surface area contributed by atoms with Gasteiger partial charge in [0.25, 0.3) is 0 Å². The quantitative estimate of drug-likeness (QED) is 0.575. The Morgan fingerprint density at radius 1 is 1.24 bits per heavy atom. The number of nitrogens with one attached hydrogen (secondary N) is 1. The number of imidazole rings is 2. The number of benzene rings is 1. The van der Waals surface area contributed by atoms with Crippen molar-refractivity contribution in [3.8, 4) is 11.6 Å². The summed E-state index contributed by atoms with van der Waals surface area (Å²) in [5, 5.41) is 0.150. The van der Waals surface area contributed by atoms with Crippen molar-refractivity contribution in [2.75, 3.05) is 7.11 Å². The van der Waals surface area contributed by atoms with Crippen LogP contribution in [0.1, 0.15) is 0 Å². The summed E-state index contributed by atoms with van der Waals surface area (Å²) in [6, 6.07) is 5.64. The van der Waals surface area contributed by atoms with Gasteiger partial charge in [0.15, 0.2) is 17.0 Å². The molecule has 0 aliphatic rings. The molecule has 0 aliphatic heterocycles. The normalized spacial score (nSPS) is 11.3. The van der Waals surface area contributed by atoms with E-state index in [0.717, 1.165) is 16.8 Å². The van der Waals surface area contributed by atoms with Crippen molar-refractivity contribution in [3.05, 3.63) is 36.1 Å². The highest BCUT2D eigenvalue weighted by molar-refractivity contribution is 6.28. The number of ether oxygens (including phenoxy) is 1. The van der Waals surface area contributed by atoms with Gasteiger partial charge < -0.3 is 9.72 Å². The van der Waals surface area contributed by atoms with Crippen LogP contribution in [-0.4, -0.2) is 36.6 Å². The molecule has 0 bridgehead atoms. The first-order valence-electron chi connectivity index (χ1n) is 6.14. The molecule has 7 nitrogen and oxygen atoms in total. The average molecular weight is 301 g/mol. The van der Waals surface area contributed by atoms with Crippen LogP contribution >= 0.6 is 11.6 Å². The first-order chi connectivity index (χ1) is 10.3. The molecular formula is C13H9ClN6O. The third-order valence-electron chi connectivity index (χ3n) is 3.22. The fraction of sp³-hybridized carbons (Fsp3) is 0.0769. The van der Waals surface area contributed by atoms with E-state index in [2.05, 4.69) is 24.9 Å². The zero-order valence-corrected chi connectivity index (χ0v) is 11.7. The molecule has 1 aromatic carbocycles. The van der Waals surface area contributed by atoms with Gasteiger partial charge in [0.1, 0.15) is 12.1 Å². The third-order valence-corrected chi connectivity index (χ3v) is 3.38. The summed E-state index contributed by atoms with van der Waals surface area (Å²) >= 11 is 5.97. The van der Waals surface area contributed by atoms with E-state index in [1.807, 2.05) is 22.8 Å². The minimum atomic E-state index is 0.150. The second-order valence-corrected chi connectivity index (χ2v) is 4.72. The Morgan fingerprint density at radius 3 is 3.00 bits per heavy atom. The van der Waals surface area contributed by atoms with Gasteiger partial charge in [0, 0.05) is 6.07 Å². The molecule has 3 heterocycles. The first-order valence-corrected chi connectivity index (χ1v) is 6.52. The molecule has 21 heavy (non-hydrogen) atoms. The van der Waals surface area contributed by atoms with Crippen molar-refractivity contribution in [2.24, 2.45) is 0 Å². The van der Waals surface area contributed by atoms with Crippen molar-refractivity contribution >= 4 is 33.8 Å². The Bertz CT molecular complexity index is 960. The molecule has 0 radical (unpaired) electrons. The zero-order chi connectivity index (χ0) is 14.4. The second kappa shape index (κ2) is 4.42. The molecule has 0 saturated heterocycles. The lowest BCUT2D eigenvalue weighted by Crippen LogP contribution is -1.99. The molecule has 8 heteroatoms. The van der Waals surface area contributed by atoms with Crippen molar-refractivity contribution in [1.29, 1.82) is 0 Å². The van der Waals surface area contributed by atoms with E-state index in [1.165, 1.54) is 0 Å². The van der Waals surface area contributed by atoms with Crippen LogP contribution in [0, 0.1) is 0 Å². The number of nitrogens with zero attached hydrogens (tertiary/aromatic N) is 5. The fourth-order valence-electron chi connectivity index (χ4n) is 2.25. The molecule has 104 valence electrons. The van der Waals surface area contributed by atoms with Crippen molar-refractivity contribution in [3.63, 3.8) is 0 Å². The molecule has 0 saturated carbocycles. The topological polar surface area (TPSA) is 81.5 Å². The number of H-pyrrole nitrogens is 1. The van der Waals surface area contributed by atoms with Crippen molar-refractivity contribution < 1.29 is 4.74 Å². The second-order valence-electron chi connectivity index (χ2n) is 4.39. The van der Waals surface area contributed by atoms with Crippen LogP contribution in [0.4, 0.5) is 0 Å². The molecule has 4 aromatic rings. The SMILES string of the molecule is COc1ccc2c(c1)ncn2-c1nc(Cl)nc2[nH]cnc12. The van der Waals surface area contributed by atoms with Crippen LogP contribution in [0.3, 0.4) is 0 Å². The fourth-order valence-corrected chi connectivity index (χ4v) is 2.41. The van der Waals surface area contributed by atoms with E-state index in [-0.39, 0.29) is 5.28 Å². The Morgan fingerprint density at radius 2 is 2.14 bits per heavy atom. The van der Waals surface area contributed by atoms with E-state index in [4.69, 9.17) is 16.3 Å². The molecule has 0 unspecified atom stereocenters. The molecule has 0 atom stereocenters. The molecule has 4 rings (SSSR count). The summed E-state index contributed by atoms with van der Waals surface area (Å²) in [7, 11) is 1.62. The van der Waals surface area contributed by atoms with Crippen LogP contribution in [0.5, 0.6) is 5.75 Å². The summed E-state index contributed by atoms with van der Waals surface area (Å²) in [5.41, 5.74) is 2.90. The highest BCUT2D eigenvalue weighted by Gasteiger charge is 2.14. The maximum Gasteiger partial charge on any atom is 0.226 e. The third kappa shape index (κ3) is 1.82. The summed E-state index contributed by atoms with van der Waals surface area (Å²) in [6.45, 7) is 0. The Labute approximate surface area is 123 Å². The van der Waals surface area contributed by atoms with Gasteiger partial charge in [-0.05, 0) is 23.7 Å². The highest BCUT2D eigenvalue weighted by Crippen LogP contribution is 2.25. The van der Waals surface area contributed by atoms with Gasteiger partial charge in [-0.1, -0.05) is 0 Å². The highest BCUT2D eigenvalue weighted by atomic mass is 35.5. The van der Waals surface area contributed by atoms with Crippen LogP contribution in [-0.2, 0) is 0 Å². The van der Waals surface area contributed by atoms with E-state index in [9.17, 15) is 0 Å². The molecule has 1 N–H and O–H groups in total. The lowest BCUT2D eigenvalue weighted by Gasteiger charge is -2.05. The molecule has 0 amide bonds. The van der Waals surface area contributed by atoms with Crippen molar-refractivity contribution in [1.82, 2.24) is 29.5 Å². The standard InChI is InChI=1S/C13H9ClN6O/c1-21-7-2-3-9-8(4-7)17-6-20(9)12-10-11(16-5-15-10)18-13(14)19-12/h2-6H,1H3,(H,15,16,18,19). The number of fused-ring (bicyclic) bond motifs is 2. The first kappa shape index (κ1) is 12.1. The predicted octanol–water partition coefficient (Wildman–Crippen LogP) is 2.35. The van der Waals surface area contributed by atoms with E-state index >= 15 is 0 Å². The monoisotopic (exact) mass is 300 g/mol. The lowest BCUT2D eigenvalue weighted by atomic mass is 10.3. The Hall–Kier alpha value is -2.67. The predicted molar refractivity (Wildman–Crippen MR) is 77.9 cm³/mol. The lowest BCUT2D eigenvalue weighted by molar-refractivity contribution is 0.415. The molecule has 0 aliphatic carbocycles. The Kier molecular flexibility index (Phi) is 2.55. The number of rotatable bonds is 2. The van der Waals surface area contributed by atoms with E-state index in [1.54, 1.807) is 19.8 Å². The van der Waals surface area contributed by atoms with Gasteiger partial charge in [-0.25, -0.2) is 9.97 Å². The molecular weight excluding hydrogens is 292 g/mol. The van der Waals surface area contributed by atoms with Crippen LogP contribution < -0.4 is 4.74 Å². The summed E-state index contributed by atoms with van der Waals surface area (Å²) in [4.78, 5) is 19.9. The van der Waals surface area contributed by atoms with Crippen LogP contribution in [0.15, 0.2) is 30.9 Å².